The highest BCUT2D eigenvalue weighted by atomic mass is 16.6. The van der Waals surface area contributed by atoms with Gasteiger partial charge in [0.25, 0.3) is 5.91 Å². The van der Waals surface area contributed by atoms with Gasteiger partial charge in [-0.2, -0.15) is 0 Å². The van der Waals surface area contributed by atoms with Gasteiger partial charge in [-0.25, -0.2) is 4.79 Å². The fourth-order valence-electron chi connectivity index (χ4n) is 3.24. The second-order valence-corrected chi connectivity index (χ2v) is 8.54. The van der Waals surface area contributed by atoms with E-state index in [1.165, 1.54) is 0 Å². The topological polar surface area (TPSA) is 75.6 Å². The molecule has 31 heavy (non-hydrogen) atoms. The lowest BCUT2D eigenvalue weighted by atomic mass is 9.97. The Kier molecular flexibility index (Phi) is 6.16. The summed E-state index contributed by atoms with van der Waals surface area (Å²) in [4.78, 5) is 25.6. The van der Waals surface area contributed by atoms with E-state index in [0.29, 0.717) is 11.3 Å². The number of rotatable bonds is 4. The minimum absolute atomic E-state index is 0.256. The van der Waals surface area contributed by atoms with Gasteiger partial charge in [-0.05, 0) is 93.3 Å². The monoisotopic (exact) mass is 417 g/mol. The molecule has 0 aliphatic heterocycles. The van der Waals surface area contributed by atoms with Crippen LogP contribution in [0.1, 0.15) is 52.6 Å². The molecule has 3 aromatic rings. The molecule has 0 aromatic heterocycles. The molecule has 5 heteroatoms. The Morgan fingerprint density at radius 2 is 1.48 bits per heavy atom. The molecule has 0 radical (unpaired) electrons. The molecular weight excluding hydrogens is 390 g/mol. The summed E-state index contributed by atoms with van der Waals surface area (Å²) in [5.41, 5.74) is 3.64. The van der Waals surface area contributed by atoms with Gasteiger partial charge in [0.05, 0.1) is 11.3 Å². The van der Waals surface area contributed by atoms with Crippen LogP contribution in [0, 0.1) is 13.8 Å². The molecule has 0 atom stereocenters. The van der Waals surface area contributed by atoms with E-state index < -0.39 is 11.6 Å². The van der Waals surface area contributed by atoms with Gasteiger partial charge < -0.3 is 15.2 Å². The molecule has 0 bridgehead atoms. The molecule has 3 aromatic carbocycles. The highest BCUT2D eigenvalue weighted by Gasteiger charge is 2.22. The smallest absolute Gasteiger partial charge is 0.340 e. The Balaban J connectivity index is 2.06. The molecular formula is C26H27NO4. The first-order valence-electron chi connectivity index (χ1n) is 10.1. The zero-order valence-corrected chi connectivity index (χ0v) is 18.4. The molecule has 3 rings (SSSR count). The molecule has 2 N–H and O–H groups in total. The first-order valence-corrected chi connectivity index (χ1v) is 10.1. The molecule has 0 unspecified atom stereocenters. The second kappa shape index (κ2) is 8.64. The highest BCUT2D eigenvalue weighted by Crippen LogP contribution is 2.32. The summed E-state index contributed by atoms with van der Waals surface area (Å²) in [6.07, 6.45) is 0. The number of esters is 1. The van der Waals surface area contributed by atoms with E-state index in [1.807, 2.05) is 38.1 Å². The molecule has 0 saturated heterocycles. The standard InChI is InChI=1S/C26H27NO4/c1-16-13-20(14-17(2)23(16)28)19-11-12-21(25(30)31-26(3,4)5)22(15-19)27-24(29)18-9-7-6-8-10-18/h6-15,28H,1-5H3,(H,27,29). The lowest BCUT2D eigenvalue weighted by Gasteiger charge is -2.21. The van der Waals surface area contributed by atoms with Gasteiger partial charge in [0.1, 0.15) is 11.4 Å². The Morgan fingerprint density at radius 3 is 2.06 bits per heavy atom. The largest absolute Gasteiger partial charge is 0.507 e. The predicted octanol–water partition coefficient (Wildman–Crippen LogP) is 5.88. The molecule has 0 fully saturated rings. The fraction of sp³-hybridized carbons (Fsp3) is 0.231. The van der Waals surface area contributed by atoms with Crippen LogP contribution >= 0.6 is 0 Å². The summed E-state index contributed by atoms with van der Waals surface area (Å²) < 4.78 is 5.53. The highest BCUT2D eigenvalue weighted by molar-refractivity contribution is 6.08. The lowest BCUT2D eigenvalue weighted by molar-refractivity contribution is 0.00708. The molecule has 0 aliphatic rings. The van der Waals surface area contributed by atoms with Crippen molar-refractivity contribution in [1.82, 2.24) is 0 Å². The molecule has 5 nitrogen and oxygen atoms in total. The van der Waals surface area contributed by atoms with E-state index in [0.717, 1.165) is 22.3 Å². The summed E-state index contributed by atoms with van der Waals surface area (Å²) in [5, 5.41) is 12.9. The van der Waals surface area contributed by atoms with Gasteiger partial charge in [-0.3, -0.25) is 4.79 Å². The number of phenols is 1. The predicted molar refractivity (Wildman–Crippen MR) is 123 cm³/mol. The third-order valence-corrected chi connectivity index (χ3v) is 4.75. The number of carbonyl (C=O) groups excluding carboxylic acids is 2. The average Bonchev–Trinajstić information content (AvgIpc) is 2.71. The van der Waals surface area contributed by atoms with Crippen molar-refractivity contribution in [3.63, 3.8) is 0 Å². The van der Waals surface area contributed by atoms with Crippen LogP contribution in [-0.2, 0) is 4.74 Å². The van der Waals surface area contributed by atoms with Crippen LogP contribution in [0.3, 0.4) is 0 Å². The van der Waals surface area contributed by atoms with Gasteiger partial charge in [0, 0.05) is 5.56 Å². The number of carbonyl (C=O) groups is 2. The quantitative estimate of drug-likeness (QED) is 0.520. The van der Waals surface area contributed by atoms with Crippen molar-refractivity contribution in [2.45, 2.75) is 40.2 Å². The van der Waals surface area contributed by atoms with Crippen LogP contribution in [0.4, 0.5) is 5.69 Å². The second-order valence-electron chi connectivity index (χ2n) is 8.54. The number of hydrogen-bond acceptors (Lipinski definition) is 4. The number of nitrogens with one attached hydrogen (secondary N) is 1. The Labute approximate surface area is 182 Å². The van der Waals surface area contributed by atoms with Crippen LogP contribution < -0.4 is 5.32 Å². The summed E-state index contributed by atoms with van der Waals surface area (Å²) in [6.45, 7) is 9.05. The van der Waals surface area contributed by atoms with Crippen molar-refractivity contribution < 1.29 is 19.4 Å². The van der Waals surface area contributed by atoms with Crippen molar-refractivity contribution >= 4 is 17.6 Å². The third kappa shape index (κ3) is 5.31. The van der Waals surface area contributed by atoms with Crippen molar-refractivity contribution in [1.29, 1.82) is 0 Å². The molecule has 0 heterocycles. The number of hydrogen-bond donors (Lipinski definition) is 2. The van der Waals surface area contributed by atoms with E-state index in [1.54, 1.807) is 57.2 Å². The van der Waals surface area contributed by atoms with Crippen molar-refractivity contribution in [2.75, 3.05) is 5.32 Å². The van der Waals surface area contributed by atoms with E-state index >= 15 is 0 Å². The number of aromatic hydroxyl groups is 1. The molecule has 160 valence electrons. The Bertz CT molecular complexity index is 1100. The normalized spacial score (nSPS) is 11.1. The third-order valence-electron chi connectivity index (χ3n) is 4.75. The molecule has 1 amide bonds. The van der Waals surface area contributed by atoms with Crippen molar-refractivity contribution in [3.8, 4) is 16.9 Å². The van der Waals surface area contributed by atoms with Gasteiger partial charge in [0.15, 0.2) is 0 Å². The van der Waals surface area contributed by atoms with Gasteiger partial charge >= 0.3 is 5.97 Å². The summed E-state index contributed by atoms with van der Waals surface area (Å²) in [5.74, 6) is -0.576. The van der Waals surface area contributed by atoms with E-state index in [4.69, 9.17) is 4.74 Å². The van der Waals surface area contributed by atoms with E-state index in [-0.39, 0.29) is 17.2 Å². The molecule has 0 saturated carbocycles. The van der Waals surface area contributed by atoms with E-state index in [9.17, 15) is 14.7 Å². The fourth-order valence-corrected chi connectivity index (χ4v) is 3.24. The Hall–Kier alpha value is -3.60. The first kappa shape index (κ1) is 22.1. The maximum Gasteiger partial charge on any atom is 0.340 e. The summed E-state index contributed by atoms with van der Waals surface area (Å²) >= 11 is 0. The molecule has 0 spiro atoms. The summed E-state index contributed by atoms with van der Waals surface area (Å²) in [6, 6.07) is 17.8. The van der Waals surface area contributed by atoms with E-state index in [2.05, 4.69) is 5.32 Å². The van der Waals surface area contributed by atoms with Crippen molar-refractivity contribution in [2.24, 2.45) is 0 Å². The zero-order chi connectivity index (χ0) is 22.8. The van der Waals surface area contributed by atoms with Crippen LogP contribution in [0.25, 0.3) is 11.1 Å². The summed E-state index contributed by atoms with van der Waals surface area (Å²) in [7, 11) is 0. The lowest BCUT2D eigenvalue weighted by Crippen LogP contribution is -2.25. The zero-order valence-electron chi connectivity index (χ0n) is 18.4. The number of amides is 1. The number of benzene rings is 3. The number of ether oxygens (including phenoxy) is 1. The average molecular weight is 418 g/mol. The van der Waals surface area contributed by atoms with Crippen LogP contribution in [0.2, 0.25) is 0 Å². The Morgan fingerprint density at radius 1 is 0.871 bits per heavy atom. The molecule has 0 aliphatic carbocycles. The number of anilines is 1. The SMILES string of the molecule is Cc1cc(-c2ccc(C(=O)OC(C)(C)C)c(NC(=O)c3ccccc3)c2)cc(C)c1O. The first-order chi connectivity index (χ1) is 14.5. The van der Waals surface area contributed by atoms with Crippen LogP contribution in [0.5, 0.6) is 5.75 Å². The van der Waals surface area contributed by atoms with Gasteiger partial charge in [0.2, 0.25) is 0 Å². The van der Waals surface area contributed by atoms with Crippen LogP contribution in [0.15, 0.2) is 60.7 Å². The van der Waals surface area contributed by atoms with Crippen LogP contribution in [-0.4, -0.2) is 22.6 Å². The number of aryl methyl sites for hydroxylation is 2. The van der Waals surface area contributed by atoms with Gasteiger partial charge in [-0.1, -0.05) is 24.3 Å². The van der Waals surface area contributed by atoms with Crippen molar-refractivity contribution in [3.05, 3.63) is 82.9 Å². The van der Waals surface area contributed by atoms with Gasteiger partial charge in [-0.15, -0.1) is 0 Å². The number of phenolic OH excluding ortho intramolecular Hbond substituents is 1. The maximum absolute atomic E-state index is 12.8. The minimum atomic E-state index is -0.665. The minimum Gasteiger partial charge on any atom is -0.507 e. The maximum atomic E-state index is 12.8.